The molecule has 184 valence electrons. The number of piperidine rings is 1. The summed E-state index contributed by atoms with van der Waals surface area (Å²) in [6.07, 6.45) is 4.17. The van der Waals surface area contributed by atoms with Crippen LogP contribution >= 0.6 is 0 Å². The van der Waals surface area contributed by atoms with Crippen molar-refractivity contribution in [1.29, 1.82) is 0 Å². The number of nitrogens with zero attached hydrogens (tertiary/aromatic N) is 2. The third kappa shape index (κ3) is 5.85. The van der Waals surface area contributed by atoms with Crippen LogP contribution in [-0.4, -0.2) is 92.1 Å². The van der Waals surface area contributed by atoms with Gasteiger partial charge in [-0.2, -0.15) is 0 Å². The molecule has 2 amide bonds. The van der Waals surface area contributed by atoms with Gasteiger partial charge in [0.05, 0.1) is 31.3 Å². The van der Waals surface area contributed by atoms with Gasteiger partial charge in [0.1, 0.15) is 0 Å². The Kier molecular flexibility index (Phi) is 9.02. The molecule has 4 unspecified atom stereocenters. The van der Waals surface area contributed by atoms with Crippen LogP contribution < -0.4 is 16.4 Å². The second-order valence-corrected chi connectivity index (χ2v) is 9.95. The van der Waals surface area contributed by atoms with Crippen LogP contribution in [0.4, 0.5) is 9.59 Å². The lowest BCUT2D eigenvalue weighted by atomic mass is 9.73. The first-order chi connectivity index (χ1) is 15.3. The fourth-order valence-electron chi connectivity index (χ4n) is 5.77. The number of fused-ring (bicyclic) bond motifs is 1. The first kappa shape index (κ1) is 25.1. The van der Waals surface area contributed by atoms with Gasteiger partial charge in [-0.15, -0.1) is 0 Å². The molecule has 32 heavy (non-hydrogen) atoms. The third-order valence-corrected chi connectivity index (χ3v) is 7.45. The number of carbonyl (C=O) groups is 2. The van der Waals surface area contributed by atoms with E-state index in [0.717, 1.165) is 51.7 Å². The van der Waals surface area contributed by atoms with E-state index in [1.54, 1.807) is 0 Å². The molecule has 9 nitrogen and oxygen atoms in total. The molecule has 0 spiro atoms. The molecule has 3 rings (SSSR count). The Morgan fingerprint density at radius 3 is 2.47 bits per heavy atom. The summed E-state index contributed by atoms with van der Waals surface area (Å²) >= 11 is 0. The molecule has 0 aromatic rings. The molecule has 1 saturated carbocycles. The normalized spacial score (nSPS) is 30.1. The van der Waals surface area contributed by atoms with E-state index in [2.05, 4.69) is 10.6 Å². The van der Waals surface area contributed by atoms with Crippen molar-refractivity contribution in [2.75, 3.05) is 39.8 Å². The van der Waals surface area contributed by atoms with Gasteiger partial charge in [0, 0.05) is 12.6 Å². The number of hydrogen-bond acceptors (Lipinski definition) is 7. The van der Waals surface area contributed by atoms with Gasteiger partial charge in [0.25, 0.3) is 0 Å². The fraction of sp³-hybridized carbons (Fsp3) is 0.913. The molecule has 2 aliphatic heterocycles. The Morgan fingerprint density at radius 1 is 1.12 bits per heavy atom. The largest absolute Gasteiger partial charge is 0.453 e. The zero-order valence-electron chi connectivity index (χ0n) is 20.2. The van der Waals surface area contributed by atoms with Gasteiger partial charge in [0.2, 0.25) is 0 Å². The molecule has 0 aromatic carbocycles. The van der Waals surface area contributed by atoms with Gasteiger partial charge < -0.3 is 30.7 Å². The topological polar surface area (TPSA) is 109 Å². The smallest absolute Gasteiger partial charge is 0.410 e. The zero-order valence-corrected chi connectivity index (χ0v) is 20.2. The van der Waals surface area contributed by atoms with E-state index >= 15 is 0 Å². The van der Waals surface area contributed by atoms with Crippen LogP contribution in [0.2, 0.25) is 0 Å². The number of hydrogen-bond donors (Lipinski definition) is 3. The Balaban J connectivity index is 1.72. The van der Waals surface area contributed by atoms with E-state index in [0.29, 0.717) is 31.0 Å². The second-order valence-electron chi connectivity index (χ2n) is 9.95. The van der Waals surface area contributed by atoms with E-state index in [9.17, 15) is 9.59 Å². The van der Waals surface area contributed by atoms with E-state index in [4.69, 9.17) is 15.2 Å². The number of carbonyl (C=O) groups excluding carboxylic acids is 2. The molecule has 9 heteroatoms. The van der Waals surface area contributed by atoms with E-state index < -0.39 is 0 Å². The first-order valence-corrected chi connectivity index (χ1v) is 12.3. The van der Waals surface area contributed by atoms with Crippen LogP contribution in [0.25, 0.3) is 0 Å². The van der Waals surface area contributed by atoms with E-state index in [1.165, 1.54) is 7.11 Å². The van der Waals surface area contributed by atoms with Crippen LogP contribution in [0.1, 0.15) is 52.9 Å². The first-order valence-electron chi connectivity index (χ1n) is 12.3. The SMILES string of the molecule is COC(=O)N1C2CCC(C(CN)CNC3CCNCC3)CC2N(C(=O)OC(C)C)C[C@@H]1C. The molecule has 3 fully saturated rings. The molecule has 0 aromatic heterocycles. The second kappa shape index (κ2) is 11.5. The van der Waals surface area contributed by atoms with Crippen molar-refractivity contribution in [2.24, 2.45) is 17.6 Å². The van der Waals surface area contributed by atoms with Gasteiger partial charge in [-0.25, -0.2) is 9.59 Å². The highest BCUT2D eigenvalue weighted by Crippen LogP contribution is 2.39. The van der Waals surface area contributed by atoms with Crippen molar-refractivity contribution in [2.45, 2.75) is 83.1 Å². The molecule has 2 saturated heterocycles. The van der Waals surface area contributed by atoms with Crippen LogP contribution in [0.15, 0.2) is 0 Å². The average molecular weight is 454 g/mol. The number of nitrogens with one attached hydrogen (secondary N) is 2. The minimum atomic E-state index is -0.314. The molecule has 4 N–H and O–H groups in total. The van der Waals surface area contributed by atoms with Gasteiger partial charge in [-0.05, 0) is 90.9 Å². The van der Waals surface area contributed by atoms with Crippen molar-refractivity contribution < 1.29 is 19.1 Å². The van der Waals surface area contributed by atoms with Gasteiger partial charge in [0.15, 0.2) is 0 Å². The number of methoxy groups -OCH3 is 1. The van der Waals surface area contributed by atoms with Crippen LogP contribution in [-0.2, 0) is 9.47 Å². The lowest BCUT2D eigenvalue weighted by Crippen LogP contribution is -2.67. The maximum absolute atomic E-state index is 13.0. The number of piperazine rings is 1. The number of ether oxygens (including phenoxy) is 2. The molecule has 3 aliphatic rings. The summed E-state index contributed by atoms with van der Waals surface area (Å²) in [6, 6.07) is 0.289. The summed E-state index contributed by atoms with van der Waals surface area (Å²) in [7, 11) is 1.42. The molecular weight excluding hydrogens is 410 g/mol. The maximum atomic E-state index is 13.0. The summed E-state index contributed by atoms with van der Waals surface area (Å²) in [5.74, 6) is 0.748. The van der Waals surface area contributed by atoms with Crippen molar-refractivity contribution in [3.05, 3.63) is 0 Å². The maximum Gasteiger partial charge on any atom is 0.410 e. The highest BCUT2D eigenvalue weighted by atomic mass is 16.6. The highest BCUT2D eigenvalue weighted by molar-refractivity contribution is 5.72. The van der Waals surface area contributed by atoms with E-state index in [1.807, 2.05) is 30.6 Å². The number of nitrogens with two attached hydrogens (primary N) is 1. The average Bonchev–Trinajstić information content (AvgIpc) is 2.78. The zero-order chi connectivity index (χ0) is 23.3. The molecular formula is C23H43N5O4. The Bertz CT molecular complexity index is 628. The standard InChI is InChI=1S/C23H43N5O4/c1-15(2)32-22(29)27-14-16(3)28(23(30)31-4)20-6-5-17(11-21(20)27)18(12-24)13-26-19-7-9-25-10-8-19/h15-21,25-26H,5-14,24H2,1-4H3/t16-,17?,18?,20?,21?/m0/s1. The summed E-state index contributed by atoms with van der Waals surface area (Å²) < 4.78 is 10.7. The number of amides is 2. The molecule has 1 aliphatic carbocycles. The lowest BCUT2D eigenvalue weighted by molar-refractivity contribution is -0.0449. The van der Waals surface area contributed by atoms with Crippen LogP contribution in [0, 0.1) is 11.8 Å². The number of rotatable bonds is 6. The van der Waals surface area contributed by atoms with Gasteiger partial charge in [-0.1, -0.05) is 0 Å². The molecule has 0 bridgehead atoms. The fourth-order valence-corrected chi connectivity index (χ4v) is 5.77. The summed E-state index contributed by atoms with van der Waals surface area (Å²) in [6.45, 7) is 9.80. The lowest BCUT2D eigenvalue weighted by Gasteiger charge is -2.53. The molecule has 5 atom stereocenters. The third-order valence-electron chi connectivity index (χ3n) is 7.45. The van der Waals surface area contributed by atoms with Crippen molar-refractivity contribution in [1.82, 2.24) is 20.4 Å². The van der Waals surface area contributed by atoms with Crippen molar-refractivity contribution in [3.63, 3.8) is 0 Å². The minimum Gasteiger partial charge on any atom is -0.453 e. The monoisotopic (exact) mass is 453 g/mol. The minimum absolute atomic E-state index is 0.0574. The van der Waals surface area contributed by atoms with Gasteiger partial charge >= 0.3 is 12.2 Å². The Morgan fingerprint density at radius 2 is 1.84 bits per heavy atom. The van der Waals surface area contributed by atoms with Crippen LogP contribution in [0.5, 0.6) is 0 Å². The predicted molar refractivity (Wildman–Crippen MR) is 123 cm³/mol. The van der Waals surface area contributed by atoms with Crippen molar-refractivity contribution >= 4 is 12.2 Å². The summed E-state index contributed by atoms with van der Waals surface area (Å²) in [5, 5.41) is 7.14. The Hall–Kier alpha value is -1.58. The van der Waals surface area contributed by atoms with E-state index in [-0.39, 0.29) is 36.4 Å². The molecule has 0 radical (unpaired) electrons. The molecule has 2 heterocycles. The Labute approximate surface area is 192 Å². The summed E-state index contributed by atoms with van der Waals surface area (Å²) in [4.78, 5) is 29.2. The van der Waals surface area contributed by atoms with Gasteiger partial charge in [-0.3, -0.25) is 4.90 Å². The quantitative estimate of drug-likeness (QED) is 0.562. The summed E-state index contributed by atoms with van der Waals surface area (Å²) in [5.41, 5.74) is 6.22. The van der Waals surface area contributed by atoms with Crippen molar-refractivity contribution in [3.8, 4) is 0 Å². The highest BCUT2D eigenvalue weighted by Gasteiger charge is 2.48. The van der Waals surface area contributed by atoms with Crippen LogP contribution in [0.3, 0.4) is 0 Å². The predicted octanol–water partition coefficient (Wildman–Crippen LogP) is 1.76.